The molecule has 1 aromatic carbocycles. The third-order valence-electron chi connectivity index (χ3n) is 2.27. The van der Waals surface area contributed by atoms with Crippen molar-refractivity contribution in [2.75, 3.05) is 5.73 Å². The molecule has 0 radical (unpaired) electrons. The maximum Gasteiger partial charge on any atom is 0.143 e. The van der Waals surface area contributed by atoms with Crippen LogP contribution in [-0.2, 0) is 0 Å². The van der Waals surface area contributed by atoms with Gasteiger partial charge in [-0.25, -0.2) is 0 Å². The van der Waals surface area contributed by atoms with Crippen molar-refractivity contribution < 1.29 is 4.74 Å². The summed E-state index contributed by atoms with van der Waals surface area (Å²) in [5.74, 6) is 1.18. The highest BCUT2D eigenvalue weighted by Crippen LogP contribution is 2.24. The van der Waals surface area contributed by atoms with Crippen LogP contribution in [0.15, 0.2) is 18.2 Å². The van der Waals surface area contributed by atoms with Gasteiger partial charge < -0.3 is 10.5 Å². The van der Waals surface area contributed by atoms with Gasteiger partial charge in [-0.05, 0) is 31.4 Å². The van der Waals surface area contributed by atoms with E-state index in [1.165, 1.54) is 0 Å². The van der Waals surface area contributed by atoms with Crippen LogP contribution in [-0.4, -0.2) is 6.10 Å². The van der Waals surface area contributed by atoms with Crippen LogP contribution in [0.3, 0.4) is 0 Å². The number of hydrogen-bond acceptors (Lipinski definition) is 3. The molecular formula is C13H18N2O. The Balaban J connectivity index is 2.76. The maximum atomic E-state index is 8.79. The van der Waals surface area contributed by atoms with E-state index in [2.05, 4.69) is 19.9 Å². The fourth-order valence-electron chi connectivity index (χ4n) is 1.63. The monoisotopic (exact) mass is 218 g/mol. The summed E-state index contributed by atoms with van der Waals surface area (Å²) in [5.41, 5.74) is 6.94. The number of benzene rings is 1. The number of nitrogens with zero attached hydrogens (tertiary/aromatic N) is 1. The first kappa shape index (κ1) is 12.4. The highest BCUT2D eigenvalue weighted by atomic mass is 16.5. The molecule has 0 amide bonds. The molecule has 1 atom stereocenters. The molecule has 0 saturated heterocycles. The number of nitrogens with two attached hydrogens (primary N) is 1. The normalized spacial score (nSPS) is 12.2. The van der Waals surface area contributed by atoms with Gasteiger partial charge in [0.05, 0.1) is 23.4 Å². The summed E-state index contributed by atoms with van der Waals surface area (Å²) in [5, 5.41) is 8.79. The molecule has 0 bridgehead atoms. The van der Waals surface area contributed by atoms with E-state index in [9.17, 15) is 0 Å². The molecule has 3 heteroatoms. The fraction of sp³-hybridized carbons (Fsp3) is 0.462. The van der Waals surface area contributed by atoms with Crippen LogP contribution in [0.2, 0.25) is 0 Å². The molecule has 1 rings (SSSR count). The Morgan fingerprint density at radius 3 is 2.62 bits per heavy atom. The highest BCUT2D eigenvalue weighted by Gasteiger charge is 2.09. The van der Waals surface area contributed by atoms with E-state index in [-0.39, 0.29) is 6.10 Å². The zero-order valence-electron chi connectivity index (χ0n) is 10.0. The molecule has 2 N–H and O–H groups in total. The molecule has 0 aliphatic heterocycles. The van der Waals surface area contributed by atoms with Crippen LogP contribution in [0.1, 0.15) is 32.8 Å². The van der Waals surface area contributed by atoms with E-state index < -0.39 is 0 Å². The summed E-state index contributed by atoms with van der Waals surface area (Å²) in [4.78, 5) is 0. The lowest BCUT2D eigenvalue weighted by molar-refractivity contribution is 0.194. The van der Waals surface area contributed by atoms with Gasteiger partial charge in [0.15, 0.2) is 0 Å². The third-order valence-corrected chi connectivity index (χ3v) is 2.27. The van der Waals surface area contributed by atoms with Gasteiger partial charge in [0.1, 0.15) is 5.75 Å². The molecule has 0 aliphatic carbocycles. The summed E-state index contributed by atoms with van der Waals surface area (Å²) in [6, 6.07) is 7.15. The second-order valence-electron chi connectivity index (χ2n) is 4.42. The van der Waals surface area contributed by atoms with E-state index in [1.807, 2.05) is 6.92 Å². The Labute approximate surface area is 96.8 Å². The van der Waals surface area contributed by atoms with E-state index in [4.69, 9.17) is 15.7 Å². The van der Waals surface area contributed by atoms with Gasteiger partial charge in [-0.3, -0.25) is 0 Å². The van der Waals surface area contributed by atoms with Crippen LogP contribution >= 0.6 is 0 Å². The highest BCUT2D eigenvalue weighted by molar-refractivity contribution is 5.56. The van der Waals surface area contributed by atoms with E-state index >= 15 is 0 Å². The van der Waals surface area contributed by atoms with Crippen molar-refractivity contribution in [3.8, 4) is 11.8 Å². The molecule has 0 aromatic heterocycles. The summed E-state index contributed by atoms with van der Waals surface area (Å²) >= 11 is 0. The van der Waals surface area contributed by atoms with Gasteiger partial charge >= 0.3 is 0 Å². The second kappa shape index (κ2) is 5.41. The third kappa shape index (κ3) is 3.47. The minimum absolute atomic E-state index is 0.108. The average Bonchev–Trinajstić information content (AvgIpc) is 2.20. The van der Waals surface area contributed by atoms with E-state index in [0.717, 1.165) is 6.42 Å². The van der Waals surface area contributed by atoms with Crippen molar-refractivity contribution in [2.45, 2.75) is 33.3 Å². The predicted molar refractivity (Wildman–Crippen MR) is 65.1 cm³/mol. The van der Waals surface area contributed by atoms with Crippen LogP contribution < -0.4 is 10.5 Å². The Morgan fingerprint density at radius 1 is 1.38 bits per heavy atom. The Kier molecular flexibility index (Phi) is 4.19. The molecule has 0 heterocycles. The molecule has 16 heavy (non-hydrogen) atoms. The fourth-order valence-corrected chi connectivity index (χ4v) is 1.63. The van der Waals surface area contributed by atoms with E-state index in [0.29, 0.717) is 22.9 Å². The standard InChI is InChI=1S/C13H18N2O/c1-9(2)6-10(3)16-13-7-11(8-14)4-5-12(13)15/h4-5,7,9-10H,6,15H2,1-3H3. The predicted octanol–water partition coefficient (Wildman–Crippen LogP) is 2.95. The molecule has 0 aliphatic rings. The van der Waals surface area contributed by atoms with Gasteiger partial charge in [-0.2, -0.15) is 5.26 Å². The summed E-state index contributed by atoms with van der Waals surface area (Å²) in [6.07, 6.45) is 1.08. The van der Waals surface area contributed by atoms with Crippen LogP contribution in [0, 0.1) is 17.2 Å². The van der Waals surface area contributed by atoms with Gasteiger partial charge in [0.25, 0.3) is 0 Å². The molecule has 0 spiro atoms. The minimum atomic E-state index is 0.108. The first-order valence-electron chi connectivity index (χ1n) is 5.49. The molecule has 1 aromatic rings. The molecule has 86 valence electrons. The van der Waals surface area contributed by atoms with Gasteiger partial charge in [0, 0.05) is 6.07 Å². The smallest absolute Gasteiger partial charge is 0.143 e. The number of nitriles is 1. The van der Waals surface area contributed by atoms with Crippen LogP contribution in [0.5, 0.6) is 5.75 Å². The zero-order chi connectivity index (χ0) is 12.1. The first-order chi connectivity index (χ1) is 7.52. The average molecular weight is 218 g/mol. The van der Waals surface area contributed by atoms with Crippen LogP contribution in [0.4, 0.5) is 5.69 Å². The molecular weight excluding hydrogens is 200 g/mol. The SMILES string of the molecule is CC(C)CC(C)Oc1cc(C#N)ccc1N. The summed E-state index contributed by atoms with van der Waals surface area (Å²) < 4.78 is 5.72. The molecule has 0 fully saturated rings. The number of nitrogen functional groups attached to an aromatic ring is 1. The van der Waals surface area contributed by atoms with Gasteiger partial charge in [-0.1, -0.05) is 13.8 Å². The lowest BCUT2D eigenvalue weighted by Crippen LogP contribution is -2.15. The number of hydrogen-bond donors (Lipinski definition) is 1. The van der Waals surface area contributed by atoms with E-state index in [1.54, 1.807) is 18.2 Å². The molecule has 1 unspecified atom stereocenters. The van der Waals surface area contributed by atoms with Crippen molar-refractivity contribution in [2.24, 2.45) is 5.92 Å². The van der Waals surface area contributed by atoms with Crippen molar-refractivity contribution >= 4 is 5.69 Å². The van der Waals surface area contributed by atoms with Crippen molar-refractivity contribution in [1.29, 1.82) is 5.26 Å². The molecule has 3 nitrogen and oxygen atoms in total. The Bertz CT molecular complexity index is 393. The lowest BCUT2D eigenvalue weighted by Gasteiger charge is -2.17. The largest absolute Gasteiger partial charge is 0.489 e. The Morgan fingerprint density at radius 2 is 2.06 bits per heavy atom. The molecule has 0 saturated carbocycles. The number of rotatable bonds is 4. The topological polar surface area (TPSA) is 59.0 Å². The van der Waals surface area contributed by atoms with Crippen molar-refractivity contribution in [3.63, 3.8) is 0 Å². The first-order valence-corrected chi connectivity index (χ1v) is 5.49. The van der Waals surface area contributed by atoms with Gasteiger partial charge in [-0.15, -0.1) is 0 Å². The number of ether oxygens (including phenoxy) is 1. The zero-order valence-corrected chi connectivity index (χ0v) is 10.0. The summed E-state index contributed by atoms with van der Waals surface area (Å²) in [7, 11) is 0. The number of anilines is 1. The van der Waals surface area contributed by atoms with Gasteiger partial charge in [0.2, 0.25) is 0 Å². The summed E-state index contributed by atoms with van der Waals surface area (Å²) in [6.45, 7) is 6.31. The Hall–Kier alpha value is -1.69. The van der Waals surface area contributed by atoms with Crippen molar-refractivity contribution in [3.05, 3.63) is 23.8 Å². The van der Waals surface area contributed by atoms with Crippen molar-refractivity contribution in [1.82, 2.24) is 0 Å². The lowest BCUT2D eigenvalue weighted by atomic mass is 10.1. The second-order valence-corrected chi connectivity index (χ2v) is 4.42. The minimum Gasteiger partial charge on any atom is -0.489 e. The quantitative estimate of drug-likeness (QED) is 0.790. The van der Waals surface area contributed by atoms with Crippen LogP contribution in [0.25, 0.3) is 0 Å². The maximum absolute atomic E-state index is 8.79.